The molecule has 1 aromatic carbocycles. The molecule has 6 heteroatoms. The molecule has 0 radical (unpaired) electrons. The molecule has 0 saturated heterocycles. The van der Waals surface area contributed by atoms with Gasteiger partial charge < -0.3 is 16.8 Å². The maximum absolute atomic E-state index is 12.0. The van der Waals surface area contributed by atoms with E-state index >= 15 is 0 Å². The second-order valence-corrected chi connectivity index (χ2v) is 5.16. The zero-order chi connectivity index (χ0) is 14.0. The van der Waals surface area contributed by atoms with Gasteiger partial charge in [-0.1, -0.05) is 18.0 Å². The maximum atomic E-state index is 12.0. The standard InChI is InChI=1S/C13H16ClN3O2/c14-10-6-7(4-5-8(10)12(16)18)17-13(19)9-2-1-3-11(9)15/h4-6,9,11H,1-3,15H2,(H2,16,18)(H,17,19). The van der Waals surface area contributed by atoms with Crippen LogP contribution in [0.5, 0.6) is 0 Å². The van der Waals surface area contributed by atoms with Gasteiger partial charge in [-0.05, 0) is 31.0 Å². The first-order chi connectivity index (χ1) is 8.99. The van der Waals surface area contributed by atoms with E-state index in [0.29, 0.717) is 5.69 Å². The number of benzene rings is 1. The van der Waals surface area contributed by atoms with Crippen LogP contribution in [0.25, 0.3) is 0 Å². The summed E-state index contributed by atoms with van der Waals surface area (Å²) in [5, 5.41) is 2.99. The van der Waals surface area contributed by atoms with Crippen molar-refractivity contribution >= 4 is 29.1 Å². The fraction of sp³-hybridized carbons (Fsp3) is 0.385. The van der Waals surface area contributed by atoms with Crippen LogP contribution in [0, 0.1) is 5.92 Å². The topological polar surface area (TPSA) is 98.2 Å². The summed E-state index contributed by atoms with van der Waals surface area (Å²) in [6, 6.07) is 4.53. The molecule has 0 aliphatic heterocycles. The Morgan fingerprint density at radius 3 is 2.58 bits per heavy atom. The maximum Gasteiger partial charge on any atom is 0.250 e. The number of nitrogens with one attached hydrogen (secondary N) is 1. The van der Waals surface area contributed by atoms with Crippen LogP contribution in [-0.2, 0) is 4.79 Å². The van der Waals surface area contributed by atoms with Gasteiger partial charge in [0, 0.05) is 11.7 Å². The van der Waals surface area contributed by atoms with Gasteiger partial charge >= 0.3 is 0 Å². The number of primary amides is 1. The molecule has 5 N–H and O–H groups in total. The molecule has 2 atom stereocenters. The molecule has 5 nitrogen and oxygen atoms in total. The minimum absolute atomic E-state index is 0.0830. The third-order valence-corrected chi connectivity index (χ3v) is 3.72. The van der Waals surface area contributed by atoms with Crippen molar-refractivity contribution in [3.63, 3.8) is 0 Å². The molecule has 0 aromatic heterocycles. The molecule has 2 amide bonds. The van der Waals surface area contributed by atoms with E-state index in [2.05, 4.69) is 5.32 Å². The van der Waals surface area contributed by atoms with Gasteiger partial charge in [0.05, 0.1) is 16.5 Å². The van der Waals surface area contributed by atoms with Gasteiger partial charge in [0.25, 0.3) is 0 Å². The second kappa shape index (κ2) is 5.59. The molecule has 1 aromatic rings. The van der Waals surface area contributed by atoms with Crippen LogP contribution >= 0.6 is 11.6 Å². The van der Waals surface area contributed by atoms with Crippen molar-refractivity contribution in [3.05, 3.63) is 28.8 Å². The van der Waals surface area contributed by atoms with Gasteiger partial charge in [-0.3, -0.25) is 9.59 Å². The Balaban J connectivity index is 2.09. The fourth-order valence-electron chi connectivity index (χ4n) is 2.34. The van der Waals surface area contributed by atoms with Gasteiger partial charge in [-0.2, -0.15) is 0 Å². The molecule has 19 heavy (non-hydrogen) atoms. The number of carbonyl (C=O) groups is 2. The lowest BCUT2D eigenvalue weighted by Gasteiger charge is -2.15. The fourth-order valence-corrected chi connectivity index (χ4v) is 2.62. The summed E-state index contributed by atoms with van der Waals surface area (Å²) in [5.41, 5.74) is 11.8. The average molecular weight is 282 g/mol. The number of hydrogen-bond donors (Lipinski definition) is 3. The van der Waals surface area contributed by atoms with Gasteiger partial charge in [-0.15, -0.1) is 0 Å². The molecule has 2 unspecified atom stereocenters. The number of carbonyl (C=O) groups excluding carboxylic acids is 2. The predicted octanol–water partition coefficient (Wildman–Crippen LogP) is 1.50. The van der Waals surface area contributed by atoms with E-state index in [1.54, 1.807) is 6.07 Å². The summed E-state index contributed by atoms with van der Waals surface area (Å²) < 4.78 is 0. The van der Waals surface area contributed by atoms with E-state index < -0.39 is 5.91 Å². The van der Waals surface area contributed by atoms with Crippen molar-refractivity contribution in [1.29, 1.82) is 0 Å². The van der Waals surface area contributed by atoms with Crippen LogP contribution in [0.2, 0.25) is 5.02 Å². The van der Waals surface area contributed by atoms with E-state index in [1.807, 2.05) is 0 Å². The molecule has 1 saturated carbocycles. The lowest BCUT2D eigenvalue weighted by molar-refractivity contribution is -0.120. The van der Waals surface area contributed by atoms with Crippen molar-refractivity contribution in [2.45, 2.75) is 25.3 Å². The highest BCUT2D eigenvalue weighted by molar-refractivity contribution is 6.34. The van der Waals surface area contributed by atoms with Crippen LogP contribution in [-0.4, -0.2) is 17.9 Å². The van der Waals surface area contributed by atoms with E-state index in [0.717, 1.165) is 19.3 Å². The van der Waals surface area contributed by atoms with Crippen LogP contribution in [0.1, 0.15) is 29.6 Å². The minimum Gasteiger partial charge on any atom is -0.366 e. The highest BCUT2D eigenvalue weighted by Gasteiger charge is 2.30. The molecule has 0 bridgehead atoms. The lowest BCUT2D eigenvalue weighted by atomic mass is 10.0. The van der Waals surface area contributed by atoms with Gasteiger partial charge in [-0.25, -0.2) is 0 Å². The van der Waals surface area contributed by atoms with Gasteiger partial charge in [0.2, 0.25) is 11.8 Å². The number of nitrogens with two attached hydrogens (primary N) is 2. The molecule has 1 aliphatic carbocycles. The molecule has 0 heterocycles. The van der Waals surface area contributed by atoms with E-state index in [1.165, 1.54) is 12.1 Å². The normalized spacial score (nSPS) is 22.2. The van der Waals surface area contributed by atoms with E-state index in [4.69, 9.17) is 23.1 Å². The minimum atomic E-state index is -0.597. The SMILES string of the molecule is NC(=O)c1ccc(NC(=O)C2CCCC2N)cc1Cl. The average Bonchev–Trinajstić information content (AvgIpc) is 2.75. The van der Waals surface area contributed by atoms with E-state index in [-0.39, 0.29) is 28.5 Å². The zero-order valence-electron chi connectivity index (χ0n) is 10.4. The molecule has 102 valence electrons. The van der Waals surface area contributed by atoms with E-state index in [9.17, 15) is 9.59 Å². The van der Waals surface area contributed by atoms with Gasteiger partial charge in [0.15, 0.2) is 0 Å². The summed E-state index contributed by atoms with van der Waals surface area (Å²) in [6.07, 6.45) is 2.65. The Morgan fingerprint density at radius 1 is 1.32 bits per heavy atom. The van der Waals surface area contributed by atoms with Crippen molar-refractivity contribution in [3.8, 4) is 0 Å². The van der Waals surface area contributed by atoms with Crippen molar-refractivity contribution in [2.75, 3.05) is 5.32 Å². The third kappa shape index (κ3) is 3.05. The highest BCUT2D eigenvalue weighted by Crippen LogP contribution is 2.26. The number of anilines is 1. The number of hydrogen-bond acceptors (Lipinski definition) is 3. The zero-order valence-corrected chi connectivity index (χ0v) is 11.1. The number of rotatable bonds is 3. The predicted molar refractivity (Wildman–Crippen MR) is 73.9 cm³/mol. The van der Waals surface area contributed by atoms with Crippen LogP contribution in [0.3, 0.4) is 0 Å². The third-order valence-electron chi connectivity index (χ3n) is 3.41. The smallest absolute Gasteiger partial charge is 0.250 e. The quantitative estimate of drug-likeness (QED) is 0.783. The Morgan fingerprint density at radius 2 is 2.05 bits per heavy atom. The summed E-state index contributed by atoms with van der Waals surface area (Å²) >= 11 is 5.92. The molecule has 2 rings (SSSR count). The van der Waals surface area contributed by atoms with Crippen molar-refractivity contribution in [1.82, 2.24) is 0 Å². The molecule has 0 spiro atoms. The van der Waals surface area contributed by atoms with Crippen LogP contribution in [0.15, 0.2) is 18.2 Å². The largest absolute Gasteiger partial charge is 0.366 e. The first kappa shape index (κ1) is 13.8. The van der Waals surface area contributed by atoms with Crippen LogP contribution < -0.4 is 16.8 Å². The summed E-state index contributed by atoms with van der Waals surface area (Å²) in [6.45, 7) is 0. The molecule has 1 aliphatic rings. The summed E-state index contributed by atoms with van der Waals surface area (Å²) in [5.74, 6) is -0.858. The van der Waals surface area contributed by atoms with Crippen LogP contribution in [0.4, 0.5) is 5.69 Å². The monoisotopic (exact) mass is 281 g/mol. The van der Waals surface area contributed by atoms with Gasteiger partial charge in [0.1, 0.15) is 0 Å². The number of halogens is 1. The summed E-state index contributed by atoms with van der Waals surface area (Å²) in [7, 11) is 0. The Bertz CT molecular complexity index is 519. The Labute approximate surface area is 116 Å². The molecular formula is C13H16ClN3O2. The highest BCUT2D eigenvalue weighted by atomic mass is 35.5. The first-order valence-electron chi connectivity index (χ1n) is 6.15. The summed E-state index contributed by atoms with van der Waals surface area (Å²) in [4.78, 5) is 23.1. The molecular weight excluding hydrogens is 266 g/mol. The van der Waals surface area contributed by atoms with Crippen molar-refractivity contribution < 1.29 is 9.59 Å². The lowest BCUT2D eigenvalue weighted by Crippen LogP contribution is -2.34. The molecule has 1 fully saturated rings. The second-order valence-electron chi connectivity index (χ2n) is 4.75. The number of amides is 2. The first-order valence-corrected chi connectivity index (χ1v) is 6.52. The Kier molecular flexibility index (Phi) is 4.07. The van der Waals surface area contributed by atoms with Crippen molar-refractivity contribution in [2.24, 2.45) is 17.4 Å². The Hall–Kier alpha value is -1.59.